The number of aromatic nitrogens is 2. The summed E-state index contributed by atoms with van der Waals surface area (Å²) >= 11 is 0. The average Bonchev–Trinajstić information content (AvgIpc) is 2.73. The molecule has 0 fully saturated rings. The molecule has 2 aromatic rings. The van der Waals surface area contributed by atoms with E-state index in [4.69, 9.17) is 5.73 Å². The lowest BCUT2D eigenvalue weighted by Crippen LogP contribution is -2.27. The molecule has 0 atom stereocenters. The smallest absolute Gasteiger partial charge is 0.147 e. The molecular weight excluding hydrogens is 224 g/mol. The number of hydrogen-bond donors (Lipinski definition) is 2. The van der Waals surface area contributed by atoms with Crippen molar-refractivity contribution in [3.05, 3.63) is 42.1 Å². The fourth-order valence-corrected chi connectivity index (χ4v) is 1.86. The third-order valence-corrected chi connectivity index (χ3v) is 3.12. The lowest BCUT2D eigenvalue weighted by atomic mass is 9.84. The van der Waals surface area contributed by atoms with E-state index in [2.05, 4.69) is 36.4 Å². The van der Waals surface area contributed by atoms with E-state index in [0.29, 0.717) is 0 Å². The summed E-state index contributed by atoms with van der Waals surface area (Å²) in [6.45, 7) is 5.23. The predicted octanol–water partition coefficient (Wildman–Crippen LogP) is 2.39. The van der Waals surface area contributed by atoms with Gasteiger partial charge >= 0.3 is 0 Å². The van der Waals surface area contributed by atoms with Gasteiger partial charge in [-0.05, 0) is 17.7 Å². The molecule has 0 aliphatic rings. The number of nitrogens with zero attached hydrogens (tertiary/aromatic N) is 2. The highest BCUT2D eigenvalue weighted by molar-refractivity contribution is 5.42. The monoisotopic (exact) mass is 244 g/mol. The summed E-state index contributed by atoms with van der Waals surface area (Å²) in [4.78, 5) is 0. The molecule has 2 rings (SSSR count). The molecule has 1 aromatic heterocycles. The first-order valence-corrected chi connectivity index (χ1v) is 6.07. The van der Waals surface area contributed by atoms with Crippen LogP contribution in [0.15, 0.2) is 36.5 Å². The predicted molar refractivity (Wildman–Crippen MR) is 75.6 cm³/mol. The highest BCUT2D eigenvalue weighted by Gasteiger charge is 2.20. The number of nitrogens with two attached hydrogens (primary N) is 1. The maximum absolute atomic E-state index is 5.71. The molecule has 1 aromatic carbocycles. The number of benzene rings is 1. The molecule has 0 saturated carbocycles. The van der Waals surface area contributed by atoms with Crippen LogP contribution >= 0.6 is 0 Å². The van der Waals surface area contributed by atoms with Gasteiger partial charge in [0.25, 0.3) is 0 Å². The Morgan fingerprint density at radius 3 is 2.44 bits per heavy atom. The Labute approximate surface area is 108 Å². The lowest BCUT2D eigenvalue weighted by molar-refractivity contribution is 0.555. The number of hydrogen-bond acceptors (Lipinski definition) is 3. The summed E-state index contributed by atoms with van der Waals surface area (Å²) in [7, 11) is 1.91. The molecule has 0 bridgehead atoms. The van der Waals surface area contributed by atoms with Gasteiger partial charge in [0.2, 0.25) is 0 Å². The molecule has 4 nitrogen and oxygen atoms in total. The maximum Gasteiger partial charge on any atom is 0.147 e. The Balaban J connectivity index is 2.04. The van der Waals surface area contributed by atoms with E-state index in [9.17, 15) is 0 Å². The minimum Gasteiger partial charge on any atom is -0.399 e. The van der Waals surface area contributed by atoms with Gasteiger partial charge in [-0.3, -0.25) is 4.68 Å². The van der Waals surface area contributed by atoms with E-state index in [1.54, 1.807) is 4.68 Å². The van der Waals surface area contributed by atoms with E-state index in [1.807, 2.05) is 31.4 Å². The molecule has 0 radical (unpaired) electrons. The van der Waals surface area contributed by atoms with Crippen LogP contribution in [-0.2, 0) is 12.5 Å². The zero-order valence-electron chi connectivity index (χ0n) is 11.1. The fraction of sp³-hybridized carbons (Fsp3) is 0.357. The summed E-state index contributed by atoms with van der Waals surface area (Å²) in [5, 5.41) is 7.66. The molecular formula is C14H20N4. The SMILES string of the molecule is Cn1ccc(NCC(C)(C)c2ccc(N)cc2)n1. The van der Waals surface area contributed by atoms with Crippen LogP contribution < -0.4 is 11.1 Å². The van der Waals surface area contributed by atoms with E-state index in [1.165, 1.54) is 5.56 Å². The van der Waals surface area contributed by atoms with E-state index < -0.39 is 0 Å². The van der Waals surface area contributed by atoms with Crippen LogP contribution in [-0.4, -0.2) is 16.3 Å². The Hall–Kier alpha value is -1.97. The highest BCUT2D eigenvalue weighted by atomic mass is 15.3. The topological polar surface area (TPSA) is 55.9 Å². The van der Waals surface area contributed by atoms with E-state index in [-0.39, 0.29) is 5.41 Å². The zero-order valence-corrected chi connectivity index (χ0v) is 11.1. The maximum atomic E-state index is 5.71. The fourth-order valence-electron chi connectivity index (χ4n) is 1.86. The van der Waals surface area contributed by atoms with E-state index in [0.717, 1.165) is 18.1 Å². The second kappa shape index (κ2) is 4.72. The van der Waals surface area contributed by atoms with Crippen LogP contribution in [0, 0.1) is 0 Å². The van der Waals surface area contributed by atoms with E-state index >= 15 is 0 Å². The second-order valence-corrected chi connectivity index (χ2v) is 5.23. The summed E-state index contributed by atoms with van der Waals surface area (Å²) in [5.41, 5.74) is 7.80. The van der Waals surface area contributed by atoms with Crippen molar-refractivity contribution in [2.24, 2.45) is 7.05 Å². The summed E-state index contributed by atoms with van der Waals surface area (Å²) in [5.74, 6) is 0.904. The van der Waals surface area contributed by atoms with Gasteiger partial charge < -0.3 is 11.1 Å². The normalized spacial score (nSPS) is 11.5. The van der Waals surface area contributed by atoms with Crippen LogP contribution in [0.5, 0.6) is 0 Å². The Bertz CT molecular complexity index is 511. The summed E-state index contributed by atoms with van der Waals surface area (Å²) < 4.78 is 1.79. The van der Waals surface area contributed by atoms with Gasteiger partial charge in [-0.1, -0.05) is 26.0 Å². The third-order valence-electron chi connectivity index (χ3n) is 3.12. The highest BCUT2D eigenvalue weighted by Crippen LogP contribution is 2.24. The Morgan fingerprint density at radius 2 is 1.89 bits per heavy atom. The van der Waals surface area contributed by atoms with Crippen LogP contribution in [0.2, 0.25) is 0 Å². The molecule has 0 saturated heterocycles. The van der Waals surface area contributed by atoms with Crippen LogP contribution in [0.25, 0.3) is 0 Å². The first-order valence-electron chi connectivity index (χ1n) is 6.07. The molecule has 3 N–H and O–H groups in total. The second-order valence-electron chi connectivity index (χ2n) is 5.23. The van der Waals surface area contributed by atoms with Gasteiger partial charge in [0.05, 0.1) is 0 Å². The molecule has 0 unspecified atom stereocenters. The minimum absolute atomic E-state index is 0.0330. The number of rotatable bonds is 4. The first kappa shape index (κ1) is 12.5. The number of anilines is 2. The average molecular weight is 244 g/mol. The minimum atomic E-state index is 0.0330. The van der Waals surface area contributed by atoms with Gasteiger partial charge in [0.1, 0.15) is 5.82 Å². The van der Waals surface area contributed by atoms with Gasteiger partial charge in [0.15, 0.2) is 0 Å². The molecule has 0 amide bonds. The third kappa shape index (κ3) is 2.83. The first-order chi connectivity index (χ1) is 8.47. The van der Waals surface area contributed by atoms with Crippen molar-refractivity contribution >= 4 is 11.5 Å². The molecule has 96 valence electrons. The molecule has 0 aliphatic carbocycles. The van der Waals surface area contributed by atoms with Crippen molar-refractivity contribution in [1.82, 2.24) is 9.78 Å². The van der Waals surface area contributed by atoms with Gasteiger partial charge in [-0.15, -0.1) is 0 Å². The summed E-state index contributed by atoms with van der Waals surface area (Å²) in [6, 6.07) is 10.0. The molecule has 4 heteroatoms. The Kier molecular flexibility index (Phi) is 3.28. The Morgan fingerprint density at radius 1 is 1.22 bits per heavy atom. The number of nitrogens with one attached hydrogen (secondary N) is 1. The van der Waals surface area contributed by atoms with Gasteiger partial charge in [0, 0.05) is 37.0 Å². The van der Waals surface area contributed by atoms with Crippen molar-refractivity contribution in [2.75, 3.05) is 17.6 Å². The van der Waals surface area contributed by atoms with Crippen LogP contribution in [0.3, 0.4) is 0 Å². The van der Waals surface area contributed by atoms with Crippen molar-refractivity contribution in [1.29, 1.82) is 0 Å². The zero-order chi connectivity index (χ0) is 13.2. The standard InChI is InChI=1S/C14H20N4/c1-14(2,11-4-6-12(15)7-5-11)10-16-13-8-9-18(3)17-13/h4-9H,10,15H2,1-3H3,(H,16,17). The molecule has 1 heterocycles. The summed E-state index contributed by atoms with van der Waals surface area (Å²) in [6.07, 6.45) is 1.93. The van der Waals surface area contributed by atoms with Crippen molar-refractivity contribution in [3.63, 3.8) is 0 Å². The van der Waals surface area contributed by atoms with Crippen molar-refractivity contribution < 1.29 is 0 Å². The molecule has 18 heavy (non-hydrogen) atoms. The number of nitrogen functional groups attached to an aromatic ring is 1. The largest absolute Gasteiger partial charge is 0.399 e. The van der Waals surface area contributed by atoms with Gasteiger partial charge in [-0.2, -0.15) is 5.10 Å². The van der Waals surface area contributed by atoms with Gasteiger partial charge in [-0.25, -0.2) is 0 Å². The number of aryl methyl sites for hydroxylation is 1. The van der Waals surface area contributed by atoms with Crippen molar-refractivity contribution in [3.8, 4) is 0 Å². The quantitative estimate of drug-likeness (QED) is 0.812. The molecule has 0 aliphatic heterocycles. The van der Waals surface area contributed by atoms with Crippen LogP contribution in [0.1, 0.15) is 19.4 Å². The lowest BCUT2D eigenvalue weighted by Gasteiger charge is -2.25. The molecule has 0 spiro atoms. The van der Waals surface area contributed by atoms with Crippen molar-refractivity contribution in [2.45, 2.75) is 19.3 Å². The van der Waals surface area contributed by atoms with Crippen LogP contribution in [0.4, 0.5) is 11.5 Å².